The third-order valence-electron chi connectivity index (χ3n) is 2.22. The number of amides is 2. The Labute approximate surface area is 97.2 Å². The third kappa shape index (κ3) is 1.94. The van der Waals surface area contributed by atoms with Crippen molar-refractivity contribution in [2.75, 3.05) is 5.73 Å². The average molecular weight is 234 g/mol. The molecule has 1 aliphatic rings. The number of hydrogen-bond acceptors (Lipinski definition) is 4. The number of carbonyl (C=O) groups excluding carboxylic acids is 2. The van der Waals surface area contributed by atoms with Crippen LogP contribution in [0.25, 0.3) is 0 Å². The number of nitrogens with two attached hydrogens (primary N) is 1. The molecule has 5 heteroatoms. The Bertz CT molecular complexity index is 479. The third-order valence-corrected chi connectivity index (χ3v) is 3.22. The Hall–Kier alpha value is -1.75. The molecule has 82 valence electrons. The summed E-state index contributed by atoms with van der Waals surface area (Å²) < 4.78 is 1.10. The lowest BCUT2D eigenvalue weighted by molar-refractivity contribution is -0.130. The van der Waals surface area contributed by atoms with E-state index in [4.69, 9.17) is 5.73 Å². The van der Waals surface area contributed by atoms with Crippen molar-refractivity contribution >= 4 is 29.4 Å². The van der Waals surface area contributed by atoms with Gasteiger partial charge in [0.25, 0.3) is 11.8 Å². The van der Waals surface area contributed by atoms with Crippen LogP contribution in [0.2, 0.25) is 0 Å². The number of imide groups is 1. The summed E-state index contributed by atoms with van der Waals surface area (Å²) in [6.07, 6.45) is 2.51. The van der Waals surface area contributed by atoms with Gasteiger partial charge in [-0.3, -0.25) is 9.59 Å². The van der Waals surface area contributed by atoms with Gasteiger partial charge in [0.1, 0.15) is 0 Å². The Morgan fingerprint density at radius 2 is 1.81 bits per heavy atom. The second-order valence-electron chi connectivity index (χ2n) is 3.41. The van der Waals surface area contributed by atoms with Gasteiger partial charge >= 0.3 is 0 Å². The van der Waals surface area contributed by atoms with E-state index >= 15 is 0 Å². The molecule has 1 heterocycles. The molecule has 16 heavy (non-hydrogen) atoms. The quantitative estimate of drug-likeness (QED) is 0.478. The fourth-order valence-electron chi connectivity index (χ4n) is 1.26. The first-order chi connectivity index (χ1) is 7.58. The number of anilines is 1. The van der Waals surface area contributed by atoms with Crippen LogP contribution in [0.15, 0.2) is 35.2 Å². The average Bonchev–Trinajstić information content (AvgIpc) is 2.55. The van der Waals surface area contributed by atoms with Crippen LogP contribution < -0.4 is 5.73 Å². The molecule has 0 saturated heterocycles. The molecule has 4 nitrogen and oxygen atoms in total. The van der Waals surface area contributed by atoms with Gasteiger partial charge < -0.3 is 5.73 Å². The van der Waals surface area contributed by atoms with E-state index < -0.39 is 0 Å². The van der Waals surface area contributed by atoms with Gasteiger partial charge in [-0.05, 0) is 36.6 Å². The number of rotatable bonds is 2. The maximum absolute atomic E-state index is 11.3. The van der Waals surface area contributed by atoms with Gasteiger partial charge in [0.2, 0.25) is 0 Å². The van der Waals surface area contributed by atoms with Crippen LogP contribution in [0.3, 0.4) is 0 Å². The zero-order valence-electron chi connectivity index (χ0n) is 8.64. The molecular formula is C11H10N2O2S. The second kappa shape index (κ2) is 4.02. The monoisotopic (exact) mass is 234 g/mol. The summed E-state index contributed by atoms with van der Waals surface area (Å²) in [5.41, 5.74) is 7.37. The van der Waals surface area contributed by atoms with Gasteiger partial charge in [-0.1, -0.05) is 6.07 Å². The molecule has 2 N–H and O–H groups in total. The van der Waals surface area contributed by atoms with E-state index in [1.807, 2.05) is 19.1 Å². The normalized spacial score (nSPS) is 14.9. The van der Waals surface area contributed by atoms with Gasteiger partial charge in [0.05, 0.1) is 0 Å². The Morgan fingerprint density at radius 3 is 2.38 bits per heavy atom. The van der Waals surface area contributed by atoms with Gasteiger partial charge in [-0.25, -0.2) is 4.31 Å². The van der Waals surface area contributed by atoms with Crippen molar-refractivity contribution in [3.63, 3.8) is 0 Å². The number of nitrogens with zero attached hydrogens (tertiary/aromatic N) is 1. The lowest BCUT2D eigenvalue weighted by atomic mass is 10.2. The van der Waals surface area contributed by atoms with Crippen LogP contribution in [-0.2, 0) is 9.59 Å². The van der Waals surface area contributed by atoms with E-state index in [1.54, 1.807) is 6.07 Å². The van der Waals surface area contributed by atoms with Crippen molar-refractivity contribution in [3.05, 3.63) is 35.9 Å². The predicted molar refractivity (Wildman–Crippen MR) is 62.4 cm³/mol. The molecule has 1 aromatic rings. The van der Waals surface area contributed by atoms with Gasteiger partial charge in [-0.15, -0.1) is 0 Å². The maximum Gasteiger partial charge on any atom is 0.264 e. The first-order valence-electron chi connectivity index (χ1n) is 4.68. The van der Waals surface area contributed by atoms with Crippen LogP contribution >= 0.6 is 11.9 Å². The first kappa shape index (κ1) is 10.8. The summed E-state index contributed by atoms with van der Waals surface area (Å²) in [5, 5.41) is 0. The molecule has 0 unspecified atom stereocenters. The molecule has 0 fully saturated rings. The van der Waals surface area contributed by atoms with Gasteiger partial charge in [0.15, 0.2) is 0 Å². The highest BCUT2D eigenvalue weighted by Gasteiger charge is 2.24. The largest absolute Gasteiger partial charge is 0.398 e. The molecule has 0 saturated carbocycles. The lowest BCUT2D eigenvalue weighted by Crippen LogP contribution is -2.22. The summed E-state index contributed by atoms with van der Waals surface area (Å²) in [6.45, 7) is 1.90. The van der Waals surface area contributed by atoms with Crippen molar-refractivity contribution in [1.29, 1.82) is 0 Å². The molecule has 2 rings (SSSR count). The molecule has 0 radical (unpaired) electrons. The highest BCUT2D eigenvalue weighted by Crippen LogP contribution is 2.28. The standard InChI is InChI=1S/C11H10N2O2S/c1-7-2-3-8(6-9(7)12)16-13-10(14)4-5-11(13)15/h2-6H,12H2,1H3. The van der Waals surface area contributed by atoms with Crippen molar-refractivity contribution in [2.24, 2.45) is 0 Å². The summed E-state index contributed by atoms with van der Waals surface area (Å²) in [5.74, 6) is -0.622. The minimum Gasteiger partial charge on any atom is -0.398 e. The van der Waals surface area contributed by atoms with E-state index in [9.17, 15) is 9.59 Å². The predicted octanol–water partition coefficient (Wildman–Crippen LogP) is 1.51. The van der Waals surface area contributed by atoms with E-state index in [2.05, 4.69) is 0 Å². The fraction of sp³-hybridized carbons (Fsp3) is 0.0909. The topological polar surface area (TPSA) is 63.4 Å². The van der Waals surface area contributed by atoms with Crippen LogP contribution in [0.4, 0.5) is 5.69 Å². The van der Waals surface area contributed by atoms with Crippen molar-refractivity contribution in [2.45, 2.75) is 11.8 Å². The minimum atomic E-state index is -0.311. The SMILES string of the molecule is Cc1ccc(SN2C(=O)C=CC2=O)cc1N. The summed E-state index contributed by atoms with van der Waals surface area (Å²) in [7, 11) is 0. The number of nitrogen functional groups attached to an aromatic ring is 1. The lowest BCUT2D eigenvalue weighted by Gasteiger charge is -2.12. The molecule has 0 aromatic heterocycles. The molecule has 1 aromatic carbocycles. The molecule has 2 amide bonds. The molecule has 0 atom stereocenters. The van der Waals surface area contributed by atoms with Crippen molar-refractivity contribution < 1.29 is 9.59 Å². The van der Waals surface area contributed by atoms with Gasteiger partial charge in [0, 0.05) is 22.7 Å². The number of hydrogen-bond donors (Lipinski definition) is 1. The molecular weight excluding hydrogens is 224 g/mol. The maximum atomic E-state index is 11.3. The van der Waals surface area contributed by atoms with Crippen LogP contribution in [0.5, 0.6) is 0 Å². The summed E-state index contributed by atoms with van der Waals surface area (Å²) >= 11 is 1.08. The molecule has 0 aliphatic carbocycles. The Balaban J connectivity index is 2.18. The number of carbonyl (C=O) groups is 2. The highest BCUT2D eigenvalue weighted by molar-refractivity contribution is 7.98. The minimum absolute atomic E-state index is 0.311. The van der Waals surface area contributed by atoms with E-state index in [0.29, 0.717) is 5.69 Å². The van der Waals surface area contributed by atoms with E-state index in [1.165, 1.54) is 12.2 Å². The van der Waals surface area contributed by atoms with Crippen LogP contribution in [-0.4, -0.2) is 16.1 Å². The highest BCUT2D eigenvalue weighted by atomic mass is 32.2. The molecule has 1 aliphatic heterocycles. The van der Waals surface area contributed by atoms with Crippen LogP contribution in [0, 0.1) is 6.92 Å². The first-order valence-corrected chi connectivity index (χ1v) is 5.45. The number of benzene rings is 1. The van der Waals surface area contributed by atoms with Crippen molar-refractivity contribution in [1.82, 2.24) is 4.31 Å². The zero-order valence-corrected chi connectivity index (χ0v) is 9.45. The molecule has 0 spiro atoms. The van der Waals surface area contributed by atoms with Gasteiger partial charge in [-0.2, -0.15) is 0 Å². The summed E-state index contributed by atoms with van der Waals surface area (Å²) in [4.78, 5) is 23.4. The smallest absolute Gasteiger partial charge is 0.264 e. The van der Waals surface area contributed by atoms with Crippen LogP contribution in [0.1, 0.15) is 5.56 Å². The fourth-order valence-corrected chi connectivity index (χ4v) is 2.08. The molecule has 0 bridgehead atoms. The van der Waals surface area contributed by atoms with E-state index in [0.717, 1.165) is 26.7 Å². The second-order valence-corrected chi connectivity index (χ2v) is 4.43. The summed E-state index contributed by atoms with van der Waals surface area (Å²) in [6, 6.07) is 5.43. The zero-order chi connectivity index (χ0) is 11.7. The Kier molecular flexibility index (Phi) is 2.70. The number of aryl methyl sites for hydroxylation is 1. The van der Waals surface area contributed by atoms with Crippen molar-refractivity contribution in [3.8, 4) is 0 Å². The van der Waals surface area contributed by atoms with E-state index in [-0.39, 0.29) is 11.8 Å². The Morgan fingerprint density at radius 1 is 1.19 bits per heavy atom.